The minimum Gasteiger partial charge on any atom is -0.339 e. The van der Waals surface area contributed by atoms with Crippen molar-refractivity contribution < 1.29 is 4.52 Å². The van der Waals surface area contributed by atoms with Crippen molar-refractivity contribution in [2.75, 3.05) is 13.1 Å². The van der Waals surface area contributed by atoms with Gasteiger partial charge in [-0.05, 0) is 25.8 Å². The van der Waals surface area contributed by atoms with Crippen LogP contribution in [0.2, 0.25) is 0 Å². The van der Waals surface area contributed by atoms with Gasteiger partial charge in [0.1, 0.15) is 0 Å². The summed E-state index contributed by atoms with van der Waals surface area (Å²) in [5, 5.41) is 7.16. The molecule has 64 valence electrons. The second-order valence-corrected chi connectivity index (χ2v) is 3.83. The Labute approximate surface area is 70.3 Å². The maximum Gasteiger partial charge on any atom is 0.234 e. The third-order valence-electron chi connectivity index (χ3n) is 3.02. The van der Waals surface area contributed by atoms with Gasteiger partial charge in [-0.2, -0.15) is 4.98 Å². The van der Waals surface area contributed by atoms with Crippen LogP contribution < -0.4 is 5.32 Å². The second kappa shape index (κ2) is 1.88. The smallest absolute Gasteiger partial charge is 0.234 e. The van der Waals surface area contributed by atoms with E-state index >= 15 is 0 Å². The van der Waals surface area contributed by atoms with E-state index in [1.165, 1.54) is 6.42 Å². The first kappa shape index (κ1) is 6.60. The zero-order valence-electron chi connectivity index (χ0n) is 7.00. The summed E-state index contributed by atoms with van der Waals surface area (Å²) in [4.78, 5) is 4.29. The highest BCUT2D eigenvalue weighted by Gasteiger charge is 2.62. The van der Waals surface area contributed by atoms with Gasteiger partial charge in [-0.3, -0.25) is 0 Å². The van der Waals surface area contributed by atoms with Crippen LogP contribution >= 0.6 is 0 Å². The summed E-state index contributed by atoms with van der Waals surface area (Å²) in [6.45, 7) is 3.99. The fourth-order valence-electron chi connectivity index (χ4n) is 2.17. The molecule has 1 aromatic rings. The molecule has 4 nitrogen and oxygen atoms in total. The van der Waals surface area contributed by atoms with E-state index < -0.39 is 0 Å². The molecule has 1 aromatic heterocycles. The molecule has 0 radical (unpaired) electrons. The number of hydrogen-bond acceptors (Lipinski definition) is 4. The Morgan fingerprint density at radius 1 is 1.67 bits per heavy atom. The number of aryl methyl sites for hydroxylation is 1. The third-order valence-corrected chi connectivity index (χ3v) is 3.02. The van der Waals surface area contributed by atoms with Crippen molar-refractivity contribution in [1.29, 1.82) is 0 Å². The highest BCUT2D eigenvalue weighted by Crippen LogP contribution is 2.55. The standard InChI is InChI=1S/C8H11N3O/c1-5-10-7(12-11-5)8-2-6(8)3-9-4-8/h6,9H,2-4H2,1H3/t6-,8+/m0/s1. The van der Waals surface area contributed by atoms with Crippen LogP contribution in [0, 0.1) is 12.8 Å². The molecule has 2 fully saturated rings. The molecule has 1 aliphatic heterocycles. The van der Waals surface area contributed by atoms with Crippen LogP contribution in [0.4, 0.5) is 0 Å². The van der Waals surface area contributed by atoms with Gasteiger partial charge >= 0.3 is 0 Å². The van der Waals surface area contributed by atoms with Crippen LogP contribution in [0.15, 0.2) is 4.52 Å². The zero-order chi connectivity index (χ0) is 8.18. The molecule has 0 aromatic carbocycles. The molecule has 1 saturated heterocycles. The van der Waals surface area contributed by atoms with E-state index in [9.17, 15) is 0 Å². The van der Waals surface area contributed by atoms with Gasteiger partial charge in [0.05, 0.1) is 5.41 Å². The number of fused-ring (bicyclic) bond motifs is 1. The van der Waals surface area contributed by atoms with Crippen molar-refractivity contribution >= 4 is 0 Å². The number of hydrogen-bond donors (Lipinski definition) is 1. The van der Waals surface area contributed by atoms with E-state index in [4.69, 9.17) is 4.52 Å². The largest absolute Gasteiger partial charge is 0.339 e. The average molecular weight is 165 g/mol. The highest BCUT2D eigenvalue weighted by molar-refractivity contribution is 5.25. The zero-order valence-corrected chi connectivity index (χ0v) is 7.00. The number of rotatable bonds is 1. The van der Waals surface area contributed by atoms with Crippen LogP contribution in [-0.4, -0.2) is 23.2 Å². The number of aromatic nitrogens is 2. The number of nitrogens with zero attached hydrogens (tertiary/aromatic N) is 2. The van der Waals surface area contributed by atoms with E-state index in [1.54, 1.807) is 0 Å². The molecule has 0 amide bonds. The first-order chi connectivity index (χ1) is 5.81. The van der Waals surface area contributed by atoms with Crippen molar-refractivity contribution in [1.82, 2.24) is 15.5 Å². The predicted molar refractivity (Wildman–Crippen MR) is 41.7 cm³/mol. The van der Waals surface area contributed by atoms with Crippen LogP contribution in [0.3, 0.4) is 0 Å². The Hall–Kier alpha value is -0.900. The van der Waals surface area contributed by atoms with Gasteiger partial charge in [0, 0.05) is 6.54 Å². The Balaban J connectivity index is 1.99. The first-order valence-corrected chi connectivity index (χ1v) is 4.33. The fourth-order valence-corrected chi connectivity index (χ4v) is 2.17. The lowest BCUT2D eigenvalue weighted by Crippen LogP contribution is -2.19. The molecule has 4 heteroatoms. The van der Waals surface area contributed by atoms with E-state index in [-0.39, 0.29) is 5.41 Å². The molecule has 2 aliphatic rings. The highest BCUT2D eigenvalue weighted by atomic mass is 16.5. The lowest BCUT2D eigenvalue weighted by atomic mass is 10.1. The normalized spacial score (nSPS) is 38.2. The van der Waals surface area contributed by atoms with Gasteiger partial charge in [0.2, 0.25) is 5.89 Å². The van der Waals surface area contributed by atoms with E-state index in [0.717, 1.165) is 30.7 Å². The molecule has 0 spiro atoms. The summed E-state index contributed by atoms with van der Waals surface area (Å²) in [6, 6.07) is 0. The van der Waals surface area contributed by atoms with Crippen molar-refractivity contribution in [2.45, 2.75) is 18.8 Å². The molecule has 0 bridgehead atoms. The van der Waals surface area contributed by atoms with Crippen LogP contribution in [-0.2, 0) is 5.41 Å². The molecular formula is C8H11N3O. The van der Waals surface area contributed by atoms with Crippen LogP contribution in [0.1, 0.15) is 18.1 Å². The van der Waals surface area contributed by atoms with E-state index in [0.29, 0.717) is 0 Å². The SMILES string of the molecule is Cc1noc([C@]23CNC[C@@H]2C3)n1. The summed E-state index contributed by atoms with van der Waals surface area (Å²) in [6.07, 6.45) is 1.22. The maximum absolute atomic E-state index is 5.19. The number of piperidine rings is 1. The molecular weight excluding hydrogens is 154 g/mol. The van der Waals surface area contributed by atoms with Crippen LogP contribution in [0.25, 0.3) is 0 Å². The van der Waals surface area contributed by atoms with Crippen LogP contribution in [0.5, 0.6) is 0 Å². The predicted octanol–water partition coefficient (Wildman–Crippen LogP) is 0.239. The summed E-state index contributed by atoms with van der Waals surface area (Å²) in [7, 11) is 0. The Morgan fingerprint density at radius 3 is 3.08 bits per heavy atom. The minimum atomic E-state index is 0.223. The summed E-state index contributed by atoms with van der Waals surface area (Å²) in [5.74, 6) is 2.34. The Morgan fingerprint density at radius 2 is 2.58 bits per heavy atom. The molecule has 1 aliphatic carbocycles. The number of nitrogens with one attached hydrogen (secondary N) is 1. The Kier molecular flexibility index (Phi) is 1.03. The summed E-state index contributed by atoms with van der Waals surface area (Å²) in [5.41, 5.74) is 0.223. The fraction of sp³-hybridized carbons (Fsp3) is 0.750. The molecule has 12 heavy (non-hydrogen) atoms. The van der Waals surface area contributed by atoms with E-state index in [2.05, 4.69) is 15.5 Å². The molecule has 3 rings (SSSR count). The van der Waals surface area contributed by atoms with Crippen molar-refractivity contribution in [2.24, 2.45) is 5.92 Å². The minimum absolute atomic E-state index is 0.223. The second-order valence-electron chi connectivity index (χ2n) is 3.83. The maximum atomic E-state index is 5.19. The topological polar surface area (TPSA) is 51.0 Å². The first-order valence-electron chi connectivity index (χ1n) is 4.33. The van der Waals surface area contributed by atoms with Gasteiger partial charge in [-0.15, -0.1) is 0 Å². The third kappa shape index (κ3) is 0.659. The molecule has 2 atom stereocenters. The average Bonchev–Trinajstić information content (AvgIpc) is 2.50. The van der Waals surface area contributed by atoms with Crippen molar-refractivity contribution in [3.05, 3.63) is 11.7 Å². The van der Waals surface area contributed by atoms with Gasteiger partial charge < -0.3 is 9.84 Å². The van der Waals surface area contributed by atoms with Gasteiger partial charge in [-0.25, -0.2) is 0 Å². The molecule has 0 unspecified atom stereocenters. The van der Waals surface area contributed by atoms with Gasteiger partial charge in [0.25, 0.3) is 0 Å². The monoisotopic (exact) mass is 165 g/mol. The molecule has 2 heterocycles. The Bertz CT molecular complexity index is 322. The van der Waals surface area contributed by atoms with E-state index in [1.807, 2.05) is 6.92 Å². The van der Waals surface area contributed by atoms with Gasteiger partial charge in [0.15, 0.2) is 5.82 Å². The lowest BCUT2D eigenvalue weighted by molar-refractivity contribution is 0.343. The molecule has 1 N–H and O–H groups in total. The van der Waals surface area contributed by atoms with Crippen molar-refractivity contribution in [3.8, 4) is 0 Å². The summed E-state index contributed by atoms with van der Waals surface area (Å²) < 4.78 is 5.19. The molecule has 1 saturated carbocycles. The van der Waals surface area contributed by atoms with Crippen molar-refractivity contribution in [3.63, 3.8) is 0 Å². The lowest BCUT2D eigenvalue weighted by Gasteiger charge is -2.02. The summed E-state index contributed by atoms with van der Waals surface area (Å²) >= 11 is 0. The van der Waals surface area contributed by atoms with Gasteiger partial charge in [-0.1, -0.05) is 5.16 Å². The quantitative estimate of drug-likeness (QED) is 0.647.